The van der Waals surface area contributed by atoms with E-state index >= 15 is 0 Å². The molecule has 0 aromatic rings. The van der Waals surface area contributed by atoms with Crippen molar-refractivity contribution in [3.8, 4) is 0 Å². The highest BCUT2D eigenvalue weighted by Gasteiger charge is 2.46. The number of carboxylic acids is 1. The van der Waals surface area contributed by atoms with Crippen LogP contribution in [0.2, 0.25) is 0 Å². The molecule has 2 aliphatic rings. The fraction of sp³-hybridized carbons (Fsp3) is 0.923. The molecule has 2 heteroatoms. The van der Waals surface area contributed by atoms with Gasteiger partial charge < -0.3 is 5.11 Å². The minimum Gasteiger partial charge on any atom is -0.481 e. The number of hydrogen-bond donors (Lipinski definition) is 1. The molecule has 0 bridgehead atoms. The number of carbonyl (C=O) groups is 1. The van der Waals surface area contributed by atoms with Gasteiger partial charge in [-0.2, -0.15) is 0 Å². The fourth-order valence-corrected chi connectivity index (χ4v) is 3.99. The lowest BCUT2D eigenvalue weighted by atomic mass is 9.61. The molecule has 1 spiro atoms. The topological polar surface area (TPSA) is 37.3 Å². The van der Waals surface area contributed by atoms with Crippen LogP contribution in [-0.2, 0) is 4.79 Å². The lowest BCUT2D eigenvalue weighted by Gasteiger charge is -2.43. The van der Waals surface area contributed by atoms with Crippen LogP contribution in [0.5, 0.6) is 0 Å². The van der Waals surface area contributed by atoms with Crippen LogP contribution < -0.4 is 0 Å². The first kappa shape index (κ1) is 11.0. The lowest BCUT2D eigenvalue weighted by Crippen LogP contribution is -2.38. The summed E-state index contributed by atoms with van der Waals surface area (Å²) in [6.07, 6.45) is 10.2. The highest BCUT2D eigenvalue weighted by atomic mass is 16.4. The van der Waals surface area contributed by atoms with E-state index in [-0.39, 0.29) is 5.92 Å². The van der Waals surface area contributed by atoms with E-state index in [4.69, 9.17) is 0 Å². The van der Waals surface area contributed by atoms with Gasteiger partial charge in [0, 0.05) is 0 Å². The SMILES string of the molecule is CC(C(=O)O)C1CCCCC12CCCC2. The molecular formula is C13H22O2. The van der Waals surface area contributed by atoms with Crippen molar-refractivity contribution in [2.24, 2.45) is 17.3 Å². The standard InChI is InChI=1S/C13H22O2/c1-10(12(14)15)11-6-2-3-7-13(11)8-4-5-9-13/h10-11H,2-9H2,1H3,(H,14,15). The van der Waals surface area contributed by atoms with E-state index in [0.717, 1.165) is 6.42 Å². The molecule has 2 saturated carbocycles. The maximum Gasteiger partial charge on any atom is 0.306 e. The Balaban J connectivity index is 2.15. The van der Waals surface area contributed by atoms with Gasteiger partial charge in [-0.05, 0) is 37.0 Å². The fourth-order valence-electron chi connectivity index (χ4n) is 3.99. The van der Waals surface area contributed by atoms with E-state index in [0.29, 0.717) is 11.3 Å². The number of carboxylic acid groups (broad SMARTS) is 1. The van der Waals surface area contributed by atoms with Gasteiger partial charge in [-0.1, -0.05) is 32.6 Å². The van der Waals surface area contributed by atoms with Crippen LogP contribution in [0.3, 0.4) is 0 Å². The van der Waals surface area contributed by atoms with Crippen molar-refractivity contribution in [2.75, 3.05) is 0 Å². The largest absolute Gasteiger partial charge is 0.481 e. The Bertz CT molecular complexity index is 241. The molecule has 0 amide bonds. The van der Waals surface area contributed by atoms with Gasteiger partial charge in [0.15, 0.2) is 0 Å². The van der Waals surface area contributed by atoms with Gasteiger partial charge in [-0.25, -0.2) is 0 Å². The van der Waals surface area contributed by atoms with Crippen LogP contribution in [0.15, 0.2) is 0 Å². The summed E-state index contributed by atoms with van der Waals surface area (Å²) < 4.78 is 0. The van der Waals surface area contributed by atoms with Crippen LogP contribution in [-0.4, -0.2) is 11.1 Å². The first-order chi connectivity index (χ1) is 7.16. The van der Waals surface area contributed by atoms with Gasteiger partial charge in [0.25, 0.3) is 0 Å². The molecule has 15 heavy (non-hydrogen) atoms. The average Bonchev–Trinajstić information content (AvgIpc) is 2.67. The molecule has 0 heterocycles. The van der Waals surface area contributed by atoms with Gasteiger partial charge >= 0.3 is 5.97 Å². The molecule has 0 saturated heterocycles. The minimum absolute atomic E-state index is 0.136. The molecule has 2 atom stereocenters. The molecule has 1 N–H and O–H groups in total. The highest BCUT2D eigenvalue weighted by molar-refractivity contribution is 5.70. The molecule has 2 unspecified atom stereocenters. The predicted octanol–water partition coefficient (Wildman–Crippen LogP) is 3.46. The van der Waals surface area contributed by atoms with E-state index < -0.39 is 5.97 Å². The summed E-state index contributed by atoms with van der Waals surface area (Å²) in [4.78, 5) is 11.1. The van der Waals surface area contributed by atoms with Crippen molar-refractivity contribution in [3.05, 3.63) is 0 Å². The predicted molar refractivity (Wildman–Crippen MR) is 59.7 cm³/mol. The van der Waals surface area contributed by atoms with Crippen molar-refractivity contribution in [2.45, 2.75) is 58.3 Å². The van der Waals surface area contributed by atoms with Crippen molar-refractivity contribution >= 4 is 5.97 Å². The van der Waals surface area contributed by atoms with Crippen molar-refractivity contribution in [1.29, 1.82) is 0 Å². The summed E-state index contributed by atoms with van der Waals surface area (Å²) in [6.45, 7) is 1.92. The Morgan fingerprint density at radius 1 is 1.20 bits per heavy atom. The smallest absolute Gasteiger partial charge is 0.306 e. The van der Waals surface area contributed by atoms with Gasteiger partial charge in [-0.3, -0.25) is 4.79 Å². The molecule has 0 aliphatic heterocycles. The van der Waals surface area contributed by atoms with Crippen LogP contribution in [0.25, 0.3) is 0 Å². The molecule has 0 aromatic heterocycles. The highest BCUT2D eigenvalue weighted by Crippen LogP contribution is 2.54. The second-order valence-electron chi connectivity index (χ2n) is 5.55. The molecule has 86 valence electrons. The quantitative estimate of drug-likeness (QED) is 0.758. The Labute approximate surface area is 92.1 Å². The Kier molecular flexibility index (Phi) is 3.03. The zero-order valence-corrected chi connectivity index (χ0v) is 9.67. The third kappa shape index (κ3) is 1.91. The van der Waals surface area contributed by atoms with E-state index in [1.165, 1.54) is 44.9 Å². The molecule has 2 fully saturated rings. The zero-order valence-electron chi connectivity index (χ0n) is 9.67. The summed E-state index contributed by atoms with van der Waals surface area (Å²) in [5, 5.41) is 9.18. The van der Waals surface area contributed by atoms with E-state index in [9.17, 15) is 9.90 Å². The monoisotopic (exact) mass is 210 g/mol. The maximum atomic E-state index is 11.1. The summed E-state index contributed by atoms with van der Waals surface area (Å²) in [7, 11) is 0. The summed E-state index contributed by atoms with van der Waals surface area (Å²) in [5.41, 5.74) is 0.413. The van der Waals surface area contributed by atoms with E-state index in [1.54, 1.807) is 0 Å². The molecule has 2 rings (SSSR count). The Hall–Kier alpha value is -0.530. The Morgan fingerprint density at radius 3 is 2.27 bits per heavy atom. The van der Waals surface area contributed by atoms with Crippen LogP contribution >= 0.6 is 0 Å². The lowest BCUT2D eigenvalue weighted by molar-refractivity contribution is -0.146. The maximum absolute atomic E-state index is 11.1. The summed E-state index contributed by atoms with van der Waals surface area (Å²) in [6, 6.07) is 0. The van der Waals surface area contributed by atoms with Crippen LogP contribution in [0.1, 0.15) is 58.3 Å². The summed E-state index contributed by atoms with van der Waals surface area (Å²) >= 11 is 0. The van der Waals surface area contributed by atoms with Crippen molar-refractivity contribution in [3.63, 3.8) is 0 Å². The molecule has 0 aromatic carbocycles. The minimum atomic E-state index is -0.590. The average molecular weight is 210 g/mol. The molecule has 2 nitrogen and oxygen atoms in total. The van der Waals surface area contributed by atoms with Crippen LogP contribution in [0, 0.1) is 17.3 Å². The van der Waals surface area contributed by atoms with Crippen LogP contribution in [0.4, 0.5) is 0 Å². The Morgan fingerprint density at radius 2 is 1.73 bits per heavy atom. The first-order valence-corrected chi connectivity index (χ1v) is 6.38. The summed E-state index contributed by atoms with van der Waals surface area (Å²) in [5.74, 6) is -0.275. The van der Waals surface area contributed by atoms with Gasteiger partial charge in [-0.15, -0.1) is 0 Å². The zero-order chi connectivity index (χ0) is 10.9. The van der Waals surface area contributed by atoms with E-state index in [1.807, 2.05) is 6.92 Å². The number of aliphatic carboxylic acids is 1. The molecular weight excluding hydrogens is 188 g/mol. The number of rotatable bonds is 2. The normalized spacial score (nSPS) is 31.7. The second-order valence-corrected chi connectivity index (χ2v) is 5.55. The first-order valence-electron chi connectivity index (χ1n) is 6.38. The number of hydrogen-bond acceptors (Lipinski definition) is 1. The van der Waals surface area contributed by atoms with Gasteiger partial charge in [0.05, 0.1) is 5.92 Å². The van der Waals surface area contributed by atoms with Crippen molar-refractivity contribution in [1.82, 2.24) is 0 Å². The van der Waals surface area contributed by atoms with Crippen molar-refractivity contribution < 1.29 is 9.90 Å². The second kappa shape index (κ2) is 4.15. The van der Waals surface area contributed by atoms with E-state index in [2.05, 4.69) is 0 Å². The van der Waals surface area contributed by atoms with Gasteiger partial charge in [0.2, 0.25) is 0 Å². The third-order valence-electron chi connectivity index (χ3n) is 4.82. The molecule has 0 radical (unpaired) electrons. The molecule has 2 aliphatic carbocycles. The van der Waals surface area contributed by atoms with Gasteiger partial charge in [0.1, 0.15) is 0 Å². The third-order valence-corrected chi connectivity index (χ3v) is 4.82.